The molecule has 6 rings (SSSR count). The van der Waals surface area contributed by atoms with Crippen LogP contribution in [0.25, 0.3) is 33.4 Å². The lowest BCUT2D eigenvalue weighted by molar-refractivity contribution is 0.174. The number of aromatic nitrogens is 3. The highest BCUT2D eigenvalue weighted by molar-refractivity contribution is 6.00. The van der Waals surface area contributed by atoms with Crippen molar-refractivity contribution in [2.24, 2.45) is 14.1 Å². The number of benzene rings is 2. The van der Waals surface area contributed by atoms with Crippen molar-refractivity contribution in [2.75, 3.05) is 6.79 Å². The largest absolute Gasteiger partial charge is 0.454 e. The predicted octanol–water partition coefficient (Wildman–Crippen LogP) is 2.09. The van der Waals surface area contributed by atoms with Gasteiger partial charge in [-0.1, -0.05) is 30.3 Å². The van der Waals surface area contributed by atoms with Crippen LogP contribution in [-0.4, -0.2) is 26.0 Å². The van der Waals surface area contributed by atoms with Gasteiger partial charge in [-0.15, -0.1) is 0 Å². The van der Waals surface area contributed by atoms with Gasteiger partial charge in [-0.2, -0.15) is 0 Å². The number of aryl methyl sites for hydroxylation is 1. The Kier molecular flexibility index (Phi) is 3.50. The molecule has 0 saturated carbocycles. The number of rotatable bonds is 1. The van der Waals surface area contributed by atoms with Gasteiger partial charge in [0.1, 0.15) is 6.10 Å². The Bertz CT molecular complexity index is 1550. The van der Waals surface area contributed by atoms with Crippen molar-refractivity contribution >= 4 is 11.0 Å². The van der Waals surface area contributed by atoms with Crippen LogP contribution in [0.3, 0.4) is 0 Å². The summed E-state index contributed by atoms with van der Waals surface area (Å²) in [6.07, 6.45) is -0.953. The number of fused-ring (bicyclic) bond motifs is 5. The Morgan fingerprint density at radius 2 is 1.81 bits per heavy atom. The normalized spacial score (nSPS) is 15.9. The first-order valence-electron chi connectivity index (χ1n) is 9.78. The molecule has 0 unspecified atom stereocenters. The minimum Gasteiger partial charge on any atom is -0.454 e. The van der Waals surface area contributed by atoms with Gasteiger partial charge >= 0.3 is 5.69 Å². The first-order valence-corrected chi connectivity index (χ1v) is 9.78. The highest BCUT2D eigenvalue weighted by Crippen LogP contribution is 2.49. The van der Waals surface area contributed by atoms with Crippen LogP contribution in [0.15, 0.2) is 52.1 Å². The van der Waals surface area contributed by atoms with Crippen LogP contribution in [0.5, 0.6) is 11.5 Å². The third-order valence-electron chi connectivity index (χ3n) is 6.07. The average Bonchev–Trinajstić information content (AvgIpc) is 3.37. The molecule has 2 aromatic carbocycles. The molecule has 0 radical (unpaired) electrons. The Labute approximate surface area is 175 Å². The molecule has 154 valence electrons. The third kappa shape index (κ3) is 2.25. The predicted molar refractivity (Wildman–Crippen MR) is 113 cm³/mol. The second-order valence-electron chi connectivity index (χ2n) is 7.71. The first-order chi connectivity index (χ1) is 15.0. The highest BCUT2D eigenvalue weighted by atomic mass is 16.7. The Morgan fingerprint density at radius 3 is 2.65 bits per heavy atom. The second kappa shape index (κ2) is 6.05. The van der Waals surface area contributed by atoms with E-state index in [1.54, 1.807) is 19.2 Å². The maximum atomic E-state index is 13.3. The monoisotopic (exact) mass is 415 g/mol. The van der Waals surface area contributed by atoms with Crippen LogP contribution in [0, 0.1) is 0 Å². The molecule has 8 heteroatoms. The van der Waals surface area contributed by atoms with Gasteiger partial charge in [-0.3, -0.25) is 13.9 Å². The number of hydrogen-bond donors (Lipinski definition) is 1. The maximum absolute atomic E-state index is 13.3. The molecule has 2 aliphatic rings. The number of ether oxygens (including phenoxy) is 2. The van der Waals surface area contributed by atoms with Gasteiger partial charge in [-0.05, 0) is 23.3 Å². The number of hydrogen-bond acceptors (Lipinski definition) is 6. The quantitative estimate of drug-likeness (QED) is 0.512. The van der Waals surface area contributed by atoms with Crippen molar-refractivity contribution in [2.45, 2.75) is 6.10 Å². The Morgan fingerprint density at radius 1 is 1.03 bits per heavy atom. The van der Waals surface area contributed by atoms with Crippen molar-refractivity contribution in [3.8, 4) is 33.9 Å². The summed E-state index contributed by atoms with van der Waals surface area (Å²) in [6.45, 7) is 0.123. The summed E-state index contributed by atoms with van der Waals surface area (Å²) < 4.78 is 13.4. The lowest BCUT2D eigenvalue weighted by Crippen LogP contribution is -2.37. The van der Waals surface area contributed by atoms with E-state index >= 15 is 0 Å². The molecule has 8 nitrogen and oxygen atoms in total. The standard InChI is InChI=1S/C23H17N3O5/c1-25-21-18(22(28)26(2)23(25)29)16(11-7-8-14-15(9-11)31-10-30-14)17-19(24-21)12-5-3-4-6-13(12)20(17)27/h3-9,20,27H,10H2,1-2H3/t20-/m0/s1. The lowest BCUT2D eigenvalue weighted by Gasteiger charge is -2.17. The number of nitrogens with zero attached hydrogens (tertiary/aromatic N) is 3. The fourth-order valence-corrected chi connectivity index (χ4v) is 4.53. The Balaban J connectivity index is 1.83. The molecule has 3 heterocycles. The molecular weight excluding hydrogens is 398 g/mol. The molecule has 31 heavy (non-hydrogen) atoms. The fraction of sp³-hybridized carbons (Fsp3) is 0.174. The van der Waals surface area contributed by atoms with E-state index in [-0.39, 0.29) is 17.8 Å². The summed E-state index contributed by atoms with van der Waals surface area (Å²) in [6, 6.07) is 12.8. The van der Waals surface area contributed by atoms with Gasteiger partial charge < -0.3 is 14.6 Å². The van der Waals surface area contributed by atoms with Gasteiger partial charge in [0.05, 0.1) is 11.1 Å². The van der Waals surface area contributed by atoms with Crippen LogP contribution in [0.2, 0.25) is 0 Å². The average molecular weight is 415 g/mol. The molecule has 4 aromatic rings. The van der Waals surface area contributed by atoms with Crippen molar-refractivity contribution in [3.63, 3.8) is 0 Å². The van der Waals surface area contributed by atoms with E-state index in [1.807, 2.05) is 30.3 Å². The lowest BCUT2D eigenvalue weighted by atomic mass is 9.94. The molecule has 0 saturated heterocycles. The molecule has 0 bridgehead atoms. The zero-order chi connectivity index (χ0) is 21.4. The maximum Gasteiger partial charge on any atom is 0.332 e. The van der Waals surface area contributed by atoms with Crippen molar-refractivity contribution in [3.05, 3.63) is 74.4 Å². The minimum atomic E-state index is -0.953. The molecule has 1 atom stereocenters. The molecule has 1 aliphatic heterocycles. The molecule has 1 N–H and O–H groups in total. The molecular formula is C23H17N3O5. The van der Waals surface area contributed by atoms with E-state index in [2.05, 4.69) is 0 Å². The number of aliphatic hydroxyl groups excluding tert-OH is 1. The van der Waals surface area contributed by atoms with Crippen molar-refractivity contribution in [1.82, 2.24) is 14.1 Å². The van der Waals surface area contributed by atoms with Crippen LogP contribution >= 0.6 is 0 Å². The van der Waals surface area contributed by atoms with Crippen LogP contribution in [-0.2, 0) is 14.1 Å². The fourth-order valence-electron chi connectivity index (χ4n) is 4.53. The van der Waals surface area contributed by atoms with E-state index in [0.717, 1.165) is 10.1 Å². The second-order valence-corrected chi connectivity index (χ2v) is 7.71. The van der Waals surface area contributed by atoms with Gasteiger partial charge in [0.15, 0.2) is 17.1 Å². The summed E-state index contributed by atoms with van der Waals surface area (Å²) in [5.74, 6) is 1.17. The van der Waals surface area contributed by atoms with E-state index in [9.17, 15) is 14.7 Å². The van der Waals surface area contributed by atoms with Crippen molar-refractivity contribution in [1.29, 1.82) is 0 Å². The van der Waals surface area contributed by atoms with Gasteiger partial charge in [-0.25, -0.2) is 9.78 Å². The zero-order valence-electron chi connectivity index (χ0n) is 16.7. The SMILES string of the molecule is Cn1c(=O)c2c(-c3ccc4c(c3)OCO4)c3c(nc2n(C)c1=O)-c1ccccc1[C@@H]3O. The van der Waals surface area contributed by atoms with Gasteiger partial charge in [0, 0.05) is 30.8 Å². The van der Waals surface area contributed by atoms with Crippen LogP contribution in [0.1, 0.15) is 17.2 Å². The highest BCUT2D eigenvalue weighted by Gasteiger charge is 2.34. The minimum absolute atomic E-state index is 0.123. The van der Waals surface area contributed by atoms with Crippen LogP contribution < -0.4 is 20.7 Å². The molecule has 0 fully saturated rings. The molecule has 2 aromatic heterocycles. The first kappa shape index (κ1) is 17.9. The Hall–Kier alpha value is -3.91. The topological polar surface area (TPSA) is 95.6 Å². The summed E-state index contributed by atoms with van der Waals surface area (Å²) >= 11 is 0. The van der Waals surface area contributed by atoms with E-state index in [0.29, 0.717) is 39.4 Å². The number of aliphatic hydroxyl groups is 1. The van der Waals surface area contributed by atoms with Gasteiger partial charge in [0.2, 0.25) is 6.79 Å². The zero-order valence-corrected chi connectivity index (χ0v) is 16.7. The van der Waals surface area contributed by atoms with E-state index < -0.39 is 17.4 Å². The molecule has 1 aliphatic carbocycles. The smallest absolute Gasteiger partial charge is 0.332 e. The summed E-state index contributed by atoms with van der Waals surface area (Å²) in [7, 11) is 3.02. The van der Waals surface area contributed by atoms with Crippen LogP contribution in [0.4, 0.5) is 0 Å². The van der Waals surface area contributed by atoms with E-state index in [1.165, 1.54) is 11.6 Å². The summed E-state index contributed by atoms with van der Waals surface area (Å²) in [4.78, 5) is 30.6. The summed E-state index contributed by atoms with van der Waals surface area (Å²) in [5.41, 5.74) is 3.15. The third-order valence-corrected chi connectivity index (χ3v) is 6.07. The van der Waals surface area contributed by atoms with Crippen molar-refractivity contribution < 1.29 is 14.6 Å². The number of pyridine rings is 1. The van der Waals surface area contributed by atoms with Gasteiger partial charge in [0.25, 0.3) is 5.56 Å². The van der Waals surface area contributed by atoms with E-state index in [4.69, 9.17) is 14.5 Å². The molecule has 0 amide bonds. The molecule has 0 spiro atoms. The summed E-state index contributed by atoms with van der Waals surface area (Å²) in [5, 5.41) is 11.5.